The third-order valence-corrected chi connectivity index (χ3v) is 4.41. The van der Waals surface area contributed by atoms with Crippen LogP contribution in [-0.4, -0.2) is 21.2 Å². The number of aromatic nitrogens is 1. The van der Waals surface area contributed by atoms with Crippen molar-refractivity contribution < 1.29 is 14.7 Å². The molecule has 1 heterocycles. The largest absolute Gasteiger partial charge is 0.507 e. The number of pyridine rings is 1. The number of rotatable bonds is 4. The van der Waals surface area contributed by atoms with E-state index < -0.39 is 17.1 Å². The van der Waals surface area contributed by atoms with Crippen molar-refractivity contribution in [3.05, 3.63) is 92.4 Å². The van der Waals surface area contributed by atoms with Crippen molar-refractivity contribution in [3.63, 3.8) is 0 Å². The molecule has 0 aliphatic rings. The molecule has 0 unspecified atom stereocenters. The third kappa shape index (κ3) is 3.68. The molecule has 0 saturated heterocycles. The summed E-state index contributed by atoms with van der Waals surface area (Å²) in [4.78, 5) is 37.6. The zero-order chi connectivity index (χ0) is 19.7. The maximum absolute atomic E-state index is 12.9. The smallest absolute Gasteiger partial charge is 0.265 e. The monoisotopic (exact) mass is 381 g/mol. The van der Waals surface area contributed by atoms with Gasteiger partial charge in [-0.15, -0.1) is 0 Å². The maximum atomic E-state index is 12.9. The molecule has 0 saturated carbocycles. The van der Waals surface area contributed by atoms with Gasteiger partial charge in [0, 0.05) is 22.5 Å². The van der Waals surface area contributed by atoms with E-state index in [1.165, 1.54) is 29.8 Å². The van der Waals surface area contributed by atoms with Crippen molar-refractivity contribution in [2.45, 2.75) is 13.8 Å². The number of hydrogen-bond donors (Lipinski definition) is 1. The van der Waals surface area contributed by atoms with Crippen molar-refractivity contribution in [1.29, 1.82) is 0 Å². The summed E-state index contributed by atoms with van der Waals surface area (Å²) in [7, 11) is 0. The number of ketones is 2. The Balaban J connectivity index is 2.23. The minimum absolute atomic E-state index is 0.103. The molecule has 3 rings (SSSR count). The van der Waals surface area contributed by atoms with Gasteiger partial charge in [0.15, 0.2) is 11.6 Å². The quantitative estimate of drug-likeness (QED) is 0.694. The SMILES string of the molecule is CC(=O)c1cc(C(=O)c2cc(C)ccc2O)cn(-c2ccc(Cl)cc2)c1=O. The highest BCUT2D eigenvalue weighted by Crippen LogP contribution is 2.22. The fraction of sp³-hybridized carbons (Fsp3) is 0.0952. The molecule has 1 N–H and O–H groups in total. The van der Waals surface area contributed by atoms with Crippen LogP contribution >= 0.6 is 11.6 Å². The van der Waals surface area contributed by atoms with Gasteiger partial charge in [-0.05, 0) is 56.3 Å². The van der Waals surface area contributed by atoms with Gasteiger partial charge in [-0.25, -0.2) is 0 Å². The molecule has 6 heteroatoms. The van der Waals surface area contributed by atoms with E-state index in [0.717, 1.165) is 5.56 Å². The van der Waals surface area contributed by atoms with E-state index in [-0.39, 0.29) is 22.4 Å². The van der Waals surface area contributed by atoms with Crippen LogP contribution in [0.25, 0.3) is 5.69 Å². The van der Waals surface area contributed by atoms with Crippen LogP contribution in [0.2, 0.25) is 5.02 Å². The summed E-state index contributed by atoms with van der Waals surface area (Å²) in [6.07, 6.45) is 1.36. The molecule has 136 valence electrons. The number of carbonyl (C=O) groups excluding carboxylic acids is 2. The molecule has 0 bridgehead atoms. The second-order valence-corrected chi connectivity index (χ2v) is 6.64. The molecule has 0 radical (unpaired) electrons. The lowest BCUT2D eigenvalue weighted by Crippen LogP contribution is -2.25. The molecule has 0 amide bonds. The van der Waals surface area contributed by atoms with Crippen LogP contribution in [0.3, 0.4) is 0 Å². The molecular formula is C21H16ClNO4. The van der Waals surface area contributed by atoms with E-state index in [2.05, 4.69) is 0 Å². The van der Waals surface area contributed by atoms with E-state index in [9.17, 15) is 19.5 Å². The molecule has 0 aliphatic heterocycles. The lowest BCUT2D eigenvalue weighted by Gasteiger charge is -2.11. The van der Waals surface area contributed by atoms with Crippen LogP contribution in [0.4, 0.5) is 0 Å². The molecule has 0 atom stereocenters. The number of phenols is 1. The van der Waals surface area contributed by atoms with Crippen LogP contribution < -0.4 is 5.56 Å². The molecule has 0 fully saturated rings. The second kappa shape index (κ2) is 7.21. The number of hydrogen-bond acceptors (Lipinski definition) is 4. The van der Waals surface area contributed by atoms with Gasteiger partial charge in [-0.3, -0.25) is 19.0 Å². The van der Waals surface area contributed by atoms with Crippen LogP contribution in [-0.2, 0) is 0 Å². The second-order valence-electron chi connectivity index (χ2n) is 6.20. The number of carbonyl (C=O) groups is 2. The molecule has 27 heavy (non-hydrogen) atoms. The molecule has 2 aromatic carbocycles. The summed E-state index contributed by atoms with van der Waals surface area (Å²) in [6, 6.07) is 12.4. The summed E-state index contributed by atoms with van der Waals surface area (Å²) < 4.78 is 1.23. The van der Waals surface area contributed by atoms with Crippen molar-refractivity contribution in [2.75, 3.05) is 0 Å². The lowest BCUT2D eigenvalue weighted by molar-refractivity contribution is 0.101. The first-order valence-corrected chi connectivity index (χ1v) is 8.53. The Hall–Kier alpha value is -3.18. The summed E-state index contributed by atoms with van der Waals surface area (Å²) in [6.45, 7) is 3.06. The molecule has 0 spiro atoms. The zero-order valence-corrected chi connectivity index (χ0v) is 15.4. The van der Waals surface area contributed by atoms with Gasteiger partial charge in [-0.2, -0.15) is 0 Å². The average molecular weight is 382 g/mol. The fourth-order valence-electron chi connectivity index (χ4n) is 2.74. The summed E-state index contributed by atoms with van der Waals surface area (Å²) in [5.41, 5.74) is 0.850. The average Bonchev–Trinajstić information content (AvgIpc) is 2.64. The topological polar surface area (TPSA) is 76.4 Å². The maximum Gasteiger partial charge on any atom is 0.265 e. The summed E-state index contributed by atoms with van der Waals surface area (Å²) in [5, 5.41) is 10.5. The first-order valence-electron chi connectivity index (χ1n) is 8.16. The normalized spacial score (nSPS) is 10.6. The fourth-order valence-corrected chi connectivity index (χ4v) is 2.87. The number of Topliss-reactive ketones (excluding diaryl/α,β-unsaturated/α-hetero) is 1. The third-order valence-electron chi connectivity index (χ3n) is 4.16. The highest BCUT2D eigenvalue weighted by molar-refractivity contribution is 6.30. The van der Waals surface area contributed by atoms with Crippen molar-refractivity contribution in [1.82, 2.24) is 4.57 Å². The van der Waals surface area contributed by atoms with Gasteiger partial charge >= 0.3 is 0 Å². The lowest BCUT2D eigenvalue weighted by atomic mass is 10.00. The minimum atomic E-state index is -0.533. The predicted octanol–water partition coefficient (Wildman–Crippen LogP) is 3.94. The summed E-state index contributed by atoms with van der Waals surface area (Å²) in [5.74, 6) is -1.11. The number of phenolic OH excluding ortho intramolecular Hbond substituents is 1. The van der Waals surface area contributed by atoms with Crippen molar-refractivity contribution in [2.24, 2.45) is 0 Å². The number of aryl methyl sites for hydroxylation is 1. The first kappa shape index (κ1) is 18.6. The van der Waals surface area contributed by atoms with Crippen LogP contribution in [0.1, 0.15) is 38.8 Å². The molecule has 3 aromatic rings. The Bertz CT molecular complexity index is 1110. The molecular weight excluding hydrogens is 366 g/mol. The van der Waals surface area contributed by atoms with E-state index in [1.807, 2.05) is 0 Å². The number of halogens is 1. The van der Waals surface area contributed by atoms with E-state index in [1.54, 1.807) is 43.3 Å². The molecule has 5 nitrogen and oxygen atoms in total. The number of aromatic hydroxyl groups is 1. The predicted molar refractivity (Wildman–Crippen MR) is 103 cm³/mol. The van der Waals surface area contributed by atoms with Gasteiger partial charge < -0.3 is 5.11 Å². The molecule has 1 aromatic heterocycles. The van der Waals surface area contributed by atoms with Crippen LogP contribution in [0.15, 0.2) is 59.5 Å². The van der Waals surface area contributed by atoms with Crippen LogP contribution in [0, 0.1) is 6.92 Å². The van der Waals surface area contributed by atoms with Gasteiger partial charge in [0.25, 0.3) is 5.56 Å². The number of benzene rings is 2. The first-order chi connectivity index (χ1) is 12.8. The van der Waals surface area contributed by atoms with E-state index >= 15 is 0 Å². The standard InChI is InChI=1S/C21H16ClNO4/c1-12-3-8-19(25)18(9-12)20(26)14-10-17(13(2)24)21(27)23(11-14)16-6-4-15(22)5-7-16/h3-11,25H,1-2H3. The van der Waals surface area contributed by atoms with Gasteiger partial charge in [0.2, 0.25) is 0 Å². The summed E-state index contributed by atoms with van der Waals surface area (Å²) >= 11 is 5.89. The highest BCUT2D eigenvalue weighted by Gasteiger charge is 2.19. The Kier molecular flexibility index (Phi) is 4.97. The Morgan fingerprint density at radius 2 is 1.67 bits per heavy atom. The van der Waals surface area contributed by atoms with Gasteiger partial charge in [0.1, 0.15) is 5.75 Å². The van der Waals surface area contributed by atoms with Crippen molar-refractivity contribution >= 4 is 23.2 Å². The van der Waals surface area contributed by atoms with Crippen molar-refractivity contribution in [3.8, 4) is 11.4 Å². The van der Waals surface area contributed by atoms with E-state index in [4.69, 9.17) is 11.6 Å². The highest BCUT2D eigenvalue weighted by atomic mass is 35.5. The van der Waals surface area contributed by atoms with Crippen LogP contribution in [0.5, 0.6) is 5.75 Å². The Labute approximate surface area is 160 Å². The Morgan fingerprint density at radius 3 is 2.30 bits per heavy atom. The van der Waals surface area contributed by atoms with Gasteiger partial charge in [-0.1, -0.05) is 23.2 Å². The number of nitrogens with zero attached hydrogens (tertiary/aromatic N) is 1. The van der Waals surface area contributed by atoms with E-state index in [0.29, 0.717) is 10.7 Å². The Morgan fingerprint density at radius 1 is 1.00 bits per heavy atom. The van der Waals surface area contributed by atoms with Gasteiger partial charge in [0.05, 0.1) is 11.1 Å². The zero-order valence-electron chi connectivity index (χ0n) is 14.7. The molecule has 0 aliphatic carbocycles. The minimum Gasteiger partial charge on any atom is -0.507 e.